The number of hydrogen-bond donors (Lipinski definition) is 0. The molecule has 3 rings (SSSR count). The van der Waals surface area contributed by atoms with E-state index in [9.17, 15) is 13.2 Å². The number of allylic oxidation sites excluding steroid dienone is 4. The molecule has 0 saturated heterocycles. The van der Waals surface area contributed by atoms with Gasteiger partial charge in [-0.25, -0.2) is 13.2 Å². The summed E-state index contributed by atoms with van der Waals surface area (Å²) in [6, 6.07) is 7.42. The second-order valence-electron chi connectivity index (χ2n) is 7.95. The normalized spacial score (nSPS) is 20.2. The standard InChI is InChI=1S/C26H26F6O2/c1-3-5-16-33-18-11-9-17(10-12-18)25(29)20(7-6-8-22(25)27)19-13-14-21(34-15-4-2)23(24(19)28)26(30,31)32/h6-14,22H,3-5,15-16H2,1-2H3. The Bertz CT molecular complexity index is 1040. The van der Waals surface area contributed by atoms with Crippen molar-refractivity contribution in [1.29, 1.82) is 0 Å². The average Bonchev–Trinajstić information content (AvgIpc) is 2.79. The van der Waals surface area contributed by atoms with Crippen LogP contribution in [0.4, 0.5) is 26.3 Å². The summed E-state index contributed by atoms with van der Waals surface area (Å²) in [4.78, 5) is 0. The molecule has 2 atom stereocenters. The fourth-order valence-corrected chi connectivity index (χ4v) is 3.74. The van der Waals surface area contributed by atoms with Crippen molar-refractivity contribution in [1.82, 2.24) is 0 Å². The predicted molar refractivity (Wildman–Crippen MR) is 119 cm³/mol. The van der Waals surface area contributed by atoms with Gasteiger partial charge < -0.3 is 9.47 Å². The van der Waals surface area contributed by atoms with Crippen LogP contribution in [-0.4, -0.2) is 19.4 Å². The van der Waals surface area contributed by atoms with Crippen LogP contribution in [0.3, 0.4) is 0 Å². The van der Waals surface area contributed by atoms with Crippen LogP contribution in [0.25, 0.3) is 5.57 Å². The molecule has 2 nitrogen and oxygen atoms in total. The molecule has 0 aliphatic heterocycles. The lowest BCUT2D eigenvalue weighted by molar-refractivity contribution is -0.141. The summed E-state index contributed by atoms with van der Waals surface area (Å²) >= 11 is 0. The lowest BCUT2D eigenvalue weighted by Crippen LogP contribution is -2.34. The molecule has 8 heteroatoms. The number of ether oxygens (including phenoxy) is 2. The van der Waals surface area contributed by atoms with E-state index in [2.05, 4.69) is 0 Å². The molecule has 0 N–H and O–H groups in total. The summed E-state index contributed by atoms with van der Waals surface area (Å²) in [7, 11) is 0. The van der Waals surface area contributed by atoms with Gasteiger partial charge in [0.15, 0.2) is 11.8 Å². The molecule has 2 aromatic carbocycles. The highest BCUT2D eigenvalue weighted by molar-refractivity contribution is 5.79. The molecular weight excluding hydrogens is 458 g/mol. The highest BCUT2D eigenvalue weighted by Crippen LogP contribution is 2.49. The molecule has 0 fully saturated rings. The maximum absolute atomic E-state index is 16.4. The van der Waals surface area contributed by atoms with Crippen molar-refractivity contribution in [3.8, 4) is 11.5 Å². The molecule has 2 aromatic rings. The Morgan fingerprint density at radius 3 is 2.26 bits per heavy atom. The van der Waals surface area contributed by atoms with Crippen LogP contribution in [-0.2, 0) is 11.8 Å². The first-order chi connectivity index (χ1) is 16.1. The summed E-state index contributed by atoms with van der Waals surface area (Å²) in [6.45, 7) is 4.08. The third kappa shape index (κ3) is 5.10. The van der Waals surface area contributed by atoms with Crippen molar-refractivity contribution < 1.29 is 35.8 Å². The summed E-state index contributed by atoms with van der Waals surface area (Å²) in [6.07, 6.45) is -2.01. The van der Waals surface area contributed by atoms with Gasteiger partial charge in [0.1, 0.15) is 22.9 Å². The fourth-order valence-electron chi connectivity index (χ4n) is 3.74. The van der Waals surface area contributed by atoms with Crippen LogP contribution in [0.15, 0.2) is 54.6 Å². The zero-order valence-electron chi connectivity index (χ0n) is 18.9. The number of hydrogen-bond acceptors (Lipinski definition) is 2. The number of benzene rings is 2. The van der Waals surface area contributed by atoms with Gasteiger partial charge >= 0.3 is 6.18 Å². The highest BCUT2D eigenvalue weighted by Gasteiger charge is 2.48. The van der Waals surface area contributed by atoms with Crippen molar-refractivity contribution in [3.05, 3.63) is 77.1 Å². The van der Waals surface area contributed by atoms with Crippen LogP contribution in [0, 0.1) is 5.82 Å². The van der Waals surface area contributed by atoms with Gasteiger partial charge in [-0.15, -0.1) is 0 Å². The van der Waals surface area contributed by atoms with E-state index in [0.717, 1.165) is 43.2 Å². The van der Waals surface area contributed by atoms with E-state index in [-0.39, 0.29) is 12.2 Å². The van der Waals surface area contributed by atoms with Crippen molar-refractivity contribution in [2.45, 2.75) is 51.1 Å². The fraction of sp³-hybridized carbons (Fsp3) is 0.385. The SMILES string of the molecule is CCCCOc1ccc(C2(F)C(c3ccc(OCCC)c(C(F)(F)F)c3F)=CC=CC2F)cc1. The van der Waals surface area contributed by atoms with Crippen molar-refractivity contribution >= 4 is 5.57 Å². The number of rotatable bonds is 9. The Labute approximate surface area is 194 Å². The third-order valence-corrected chi connectivity index (χ3v) is 5.50. The van der Waals surface area contributed by atoms with E-state index < -0.39 is 46.3 Å². The van der Waals surface area contributed by atoms with Crippen LogP contribution >= 0.6 is 0 Å². The van der Waals surface area contributed by atoms with E-state index in [0.29, 0.717) is 18.8 Å². The molecule has 1 aliphatic carbocycles. The van der Waals surface area contributed by atoms with Crippen molar-refractivity contribution in [2.75, 3.05) is 13.2 Å². The molecular formula is C26H26F6O2. The summed E-state index contributed by atoms with van der Waals surface area (Å²) in [5.74, 6) is -1.97. The molecule has 0 saturated carbocycles. The van der Waals surface area contributed by atoms with Crippen molar-refractivity contribution in [3.63, 3.8) is 0 Å². The Balaban J connectivity index is 2.07. The van der Waals surface area contributed by atoms with Gasteiger partial charge in [0, 0.05) is 11.1 Å². The first kappa shape index (κ1) is 25.7. The van der Waals surface area contributed by atoms with Gasteiger partial charge in [-0.2, -0.15) is 13.2 Å². The topological polar surface area (TPSA) is 18.5 Å². The van der Waals surface area contributed by atoms with Crippen LogP contribution in [0.5, 0.6) is 11.5 Å². The summed E-state index contributed by atoms with van der Waals surface area (Å²) in [5.41, 5.74) is -5.96. The quantitative estimate of drug-likeness (QED) is 0.265. The molecule has 34 heavy (non-hydrogen) atoms. The van der Waals surface area contributed by atoms with Gasteiger partial charge in [0.05, 0.1) is 13.2 Å². The minimum Gasteiger partial charge on any atom is -0.494 e. The molecule has 0 heterocycles. The molecule has 0 bridgehead atoms. The molecule has 0 amide bonds. The minimum atomic E-state index is -5.10. The number of halogens is 6. The van der Waals surface area contributed by atoms with Gasteiger partial charge in [-0.1, -0.05) is 44.6 Å². The monoisotopic (exact) mass is 484 g/mol. The van der Waals surface area contributed by atoms with Crippen molar-refractivity contribution in [2.24, 2.45) is 0 Å². The second kappa shape index (κ2) is 10.6. The molecule has 0 radical (unpaired) electrons. The maximum Gasteiger partial charge on any atom is 0.422 e. The van der Waals surface area contributed by atoms with Gasteiger partial charge in [0.2, 0.25) is 0 Å². The largest absolute Gasteiger partial charge is 0.494 e. The van der Waals surface area contributed by atoms with E-state index in [1.165, 1.54) is 24.3 Å². The average molecular weight is 484 g/mol. The maximum atomic E-state index is 16.4. The first-order valence-electron chi connectivity index (χ1n) is 11.1. The third-order valence-electron chi connectivity index (χ3n) is 5.50. The van der Waals surface area contributed by atoms with E-state index in [1.54, 1.807) is 6.92 Å². The second-order valence-corrected chi connectivity index (χ2v) is 7.95. The Kier molecular flexibility index (Phi) is 8.00. The van der Waals surface area contributed by atoms with Gasteiger partial charge in [0.25, 0.3) is 0 Å². The predicted octanol–water partition coefficient (Wildman–Crippen LogP) is 7.97. The number of unbranched alkanes of at least 4 members (excludes halogenated alkanes) is 1. The molecule has 0 spiro atoms. The zero-order chi connectivity index (χ0) is 24.9. The molecule has 184 valence electrons. The highest BCUT2D eigenvalue weighted by atomic mass is 19.4. The lowest BCUT2D eigenvalue weighted by Gasteiger charge is -2.33. The van der Waals surface area contributed by atoms with Crippen LogP contribution < -0.4 is 9.47 Å². The Morgan fingerprint density at radius 1 is 0.941 bits per heavy atom. The van der Waals surface area contributed by atoms with Crippen LogP contribution in [0.1, 0.15) is 49.8 Å². The zero-order valence-corrected chi connectivity index (χ0v) is 18.9. The van der Waals surface area contributed by atoms with E-state index in [1.807, 2.05) is 6.92 Å². The molecule has 2 unspecified atom stereocenters. The van der Waals surface area contributed by atoms with Gasteiger partial charge in [-0.05, 0) is 48.7 Å². The first-order valence-corrected chi connectivity index (χ1v) is 11.1. The number of alkyl halides is 5. The smallest absolute Gasteiger partial charge is 0.422 e. The van der Waals surface area contributed by atoms with E-state index >= 15 is 13.2 Å². The Hall–Kier alpha value is -2.90. The van der Waals surface area contributed by atoms with E-state index in [4.69, 9.17) is 9.47 Å². The summed E-state index contributed by atoms with van der Waals surface area (Å²) in [5, 5.41) is 0. The lowest BCUT2D eigenvalue weighted by atomic mass is 9.77. The Morgan fingerprint density at radius 2 is 1.65 bits per heavy atom. The van der Waals surface area contributed by atoms with Crippen LogP contribution in [0.2, 0.25) is 0 Å². The molecule has 1 aliphatic rings. The molecule has 0 aromatic heterocycles. The van der Waals surface area contributed by atoms with Gasteiger partial charge in [-0.3, -0.25) is 0 Å². The summed E-state index contributed by atoms with van der Waals surface area (Å²) < 4.78 is 98.4. The minimum absolute atomic E-state index is 0.0560.